The summed E-state index contributed by atoms with van der Waals surface area (Å²) in [4.78, 5) is 0. The minimum atomic E-state index is -0.0888. The van der Waals surface area contributed by atoms with E-state index in [1.807, 2.05) is 6.92 Å². The molecule has 0 aromatic heterocycles. The smallest absolute Gasteiger partial charge is 0.0540 e. The molecule has 2 nitrogen and oxygen atoms in total. The summed E-state index contributed by atoms with van der Waals surface area (Å²) in [5, 5.41) is 13.0. The van der Waals surface area contributed by atoms with E-state index in [0.717, 1.165) is 0 Å². The van der Waals surface area contributed by atoms with Crippen LogP contribution in [0.15, 0.2) is 0 Å². The molecule has 0 unspecified atom stereocenters. The van der Waals surface area contributed by atoms with E-state index in [2.05, 4.69) is 5.32 Å². The quantitative estimate of drug-likeness (QED) is 0.673. The predicted octanol–water partition coefficient (Wildman–Crippen LogP) is 1.93. The number of aliphatic hydroxyl groups is 1. The second-order valence-corrected chi connectivity index (χ2v) is 5.33. The van der Waals surface area contributed by atoms with E-state index in [-0.39, 0.29) is 6.10 Å². The van der Waals surface area contributed by atoms with E-state index in [0.29, 0.717) is 11.3 Å². The highest BCUT2D eigenvalue weighted by atomic mass is 16.3. The average Bonchev–Trinajstić information content (AvgIpc) is 2.19. The Balaban J connectivity index is 1.87. The van der Waals surface area contributed by atoms with Crippen molar-refractivity contribution in [1.29, 1.82) is 0 Å². The van der Waals surface area contributed by atoms with Crippen LogP contribution < -0.4 is 5.32 Å². The lowest BCUT2D eigenvalue weighted by molar-refractivity contribution is 0.0422. The fourth-order valence-electron chi connectivity index (χ4n) is 3.19. The Hall–Kier alpha value is -0.0800. The highest BCUT2D eigenvalue weighted by Gasteiger charge is 2.36. The van der Waals surface area contributed by atoms with Crippen molar-refractivity contribution in [1.82, 2.24) is 5.32 Å². The summed E-state index contributed by atoms with van der Waals surface area (Å²) >= 11 is 0. The van der Waals surface area contributed by atoms with Crippen LogP contribution in [-0.2, 0) is 0 Å². The van der Waals surface area contributed by atoms with Gasteiger partial charge in [-0.1, -0.05) is 0 Å². The molecule has 2 fully saturated rings. The van der Waals surface area contributed by atoms with Gasteiger partial charge in [0.05, 0.1) is 6.10 Å². The molecule has 0 amide bonds. The third-order valence-electron chi connectivity index (χ3n) is 4.44. The number of hydrogen-bond acceptors (Lipinski definition) is 2. The van der Waals surface area contributed by atoms with Gasteiger partial charge in [0.25, 0.3) is 0 Å². The molecule has 1 saturated carbocycles. The molecule has 1 aliphatic heterocycles. The molecule has 82 valence electrons. The first-order valence-electron chi connectivity index (χ1n) is 6.11. The zero-order valence-corrected chi connectivity index (χ0v) is 9.26. The van der Waals surface area contributed by atoms with Gasteiger partial charge in [-0.15, -0.1) is 0 Å². The maximum Gasteiger partial charge on any atom is 0.0540 e. The van der Waals surface area contributed by atoms with Gasteiger partial charge in [-0.25, -0.2) is 0 Å². The Morgan fingerprint density at radius 2 is 1.71 bits per heavy atom. The molecule has 2 heteroatoms. The second kappa shape index (κ2) is 4.19. The minimum Gasteiger partial charge on any atom is -0.393 e. The molecule has 14 heavy (non-hydrogen) atoms. The summed E-state index contributed by atoms with van der Waals surface area (Å²) in [6.07, 6.45) is 7.83. The summed E-state index contributed by atoms with van der Waals surface area (Å²) in [6, 6.07) is 0. The Morgan fingerprint density at radius 1 is 1.14 bits per heavy atom. The summed E-state index contributed by atoms with van der Waals surface area (Å²) in [7, 11) is 0. The third-order valence-corrected chi connectivity index (χ3v) is 4.44. The first kappa shape index (κ1) is 10.4. The van der Waals surface area contributed by atoms with Crippen molar-refractivity contribution < 1.29 is 5.11 Å². The molecular formula is C12H23NO. The van der Waals surface area contributed by atoms with Gasteiger partial charge >= 0.3 is 0 Å². The van der Waals surface area contributed by atoms with Gasteiger partial charge in [-0.05, 0) is 69.9 Å². The van der Waals surface area contributed by atoms with Gasteiger partial charge < -0.3 is 10.4 Å². The second-order valence-electron chi connectivity index (χ2n) is 5.33. The Bertz CT molecular complexity index is 175. The van der Waals surface area contributed by atoms with E-state index >= 15 is 0 Å². The molecule has 1 atom stereocenters. The molecule has 2 rings (SSSR count). The van der Waals surface area contributed by atoms with E-state index < -0.39 is 0 Å². The van der Waals surface area contributed by atoms with Gasteiger partial charge in [0, 0.05) is 0 Å². The highest BCUT2D eigenvalue weighted by Crippen LogP contribution is 2.45. The largest absolute Gasteiger partial charge is 0.393 e. The number of aliphatic hydroxyl groups excluding tert-OH is 1. The fraction of sp³-hybridized carbons (Fsp3) is 1.00. The molecule has 0 aromatic rings. The van der Waals surface area contributed by atoms with Crippen molar-refractivity contribution in [2.24, 2.45) is 11.3 Å². The molecule has 0 bridgehead atoms. The van der Waals surface area contributed by atoms with Crippen molar-refractivity contribution in [3.05, 3.63) is 0 Å². The van der Waals surface area contributed by atoms with Crippen molar-refractivity contribution in [3.8, 4) is 0 Å². The highest BCUT2D eigenvalue weighted by molar-refractivity contribution is 4.90. The van der Waals surface area contributed by atoms with Crippen LogP contribution >= 0.6 is 0 Å². The number of hydrogen-bond donors (Lipinski definition) is 2. The SMILES string of the molecule is C[C@H](O)C1CCC2(CCNCC2)CC1. The lowest BCUT2D eigenvalue weighted by atomic mass is 9.65. The maximum atomic E-state index is 9.55. The fourth-order valence-corrected chi connectivity index (χ4v) is 3.19. The zero-order chi connectivity index (χ0) is 10.0. The van der Waals surface area contributed by atoms with Crippen molar-refractivity contribution >= 4 is 0 Å². The molecule has 1 heterocycles. The average molecular weight is 197 g/mol. The van der Waals surface area contributed by atoms with Crippen LogP contribution in [0.3, 0.4) is 0 Å². The van der Waals surface area contributed by atoms with Crippen LogP contribution in [0.5, 0.6) is 0 Å². The summed E-state index contributed by atoms with van der Waals surface area (Å²) in [6.45, 7) is 4.36. The first-order valence-corrected chi connectivity index (χ1v) is 6.11. The van der Waals surface area contributed by atoms with Crippen LogP contribution in [0, 0.1) is 11.3 Å². The summed E-state index contributed by atoms with van der Waals surface area (Å²) < 4.78 is 0. The standard InChI is InChI=1S/C12H23NO/c1-10(14)11-2-4-12(5-3-11)6-8-13-9-7-12/h10-11,13-14H,2-9H2,1H3/t10-/m0/s1. The summed E-state index contributed by atoms with van der Waals surface area (Å²) in [5.74, 6) is 0.579. The minimum absolute atomic E-state index is 0.0888. The molecule has 1 aliphatic carbocycles. The predicted molar refractivity (Wildman–Crippen MR) is 58.2 cm³/mol. The van der Waals surface area contributed by atoms with Gasteiger partial charge in [0.2, 0.25) is 0 Å². The molecule has 1 saturated heterocycles. The van der Waals surface area contributed by atoms with Gasteiger partial charge in [-0.3, -0.25) is 0 Å². The maximum absolute atomic E-state index is 9.55. The van der Waals surface area contributed by atoms with Crippen LogP contribution in [0.2, 0.25) is 0 Å². The van der Waals surface area contributed by atoms with Gasteiger partial charge in [0.1, 0.15) is 0 Å². The lowest BCUT2D eigenvalue weighted by Gasteiger charge is -2.43. The monoisotopic (exact) mass is 197 g/mol. The molecule has 1 spiro atoms. The molecule has 0 aromatic carbocycles. The first-order chi connectivity index (χ1) is 6.72. The van der Waals surface area contributed by atoms with Crippen LogP contribution in [0.1, 0.15) is 45.4 Å². The molecular weight excluding hydrogens is 174 g/mol. The van der Waals surface area contributed by atoms with Crippen LogP contribution in [0.4, 0.5) is 0 Å². The lowest BCUT2D eigenvalue weighted by Crippen LogP contribution is -2.40. The van der Waals surface area contributed by atoms with Crippen molar-refractivity contribution in [2.45, 2.75) is 51.6 Å². The van der Waals surface area contributed by atoms with E-state index in [1.54, 1.807) is 0 Å². The van der Waals surface area contributed by atoms with Crippen molar-refractivity contribution in [3.63, 3.8) is 0 Å². The molecule has 2 aliphatic rings. The van der Waals surface area contributed by atoms with E-state index in [4.69, 9.17) is 0 Å². The zero-order valence-electron chi connectivity index (χ0n) is 9.26. The number of piperidine rings is 1. The normalized spacial score (nSPS) is 30.4. The van der Waals surface area contributed by atoms with E-state index in [1.165, 1.54) is 51.6 Å². The number of rotatable bonds is 1. The van der Waals surface area contributed by atoms with Gasteiger partial charge in [-0.2, -0.15) is 0 Å². The van der Waals surface area contributed by atoms with E-state index in [9.17, 15) is 5.11 Å². The number of nitrogens with one attached hydrogen (secondary N) is 1. The van der Waals surface area contributed by atoms with Crippen LogP contribution in [-0.4, -0.2) is 24.3 Å². The Kier molecular flexibility index (Phi) is 3.13. The third kappa shape index (κ3) is 2.12. The Morgan fingerprint density at radius 3 is 2.21 bits per heavy atom. The van der Waals surface area contributed by atoms with Crippen molar-refractivity contribution in [2.75, 3.05) is 13.1 Å². The van der Waals surface area contributed by atoms with Gasteiger partial charge in [0.15, 0.2) is 0 Å². The van der Waals surface area contributed by atoms with Crippen LogP contribution in [0.25, 0.3) is 0 Å². The summed E-state index contributed by atoms with van der Waals surface area (Å²) in [5.41, 5.74) is 0.649. The Labute approximate surface area is 87.1 Å². The topological polar surface area (TPSA) is 32.3 Å². The molecule has 0 radical (unpaired) electrons. The molecule has 2 N–H and O–H groups in total.